The molecule has 0 heterocycles. The van der Waals surface area contributed by atoms with Crippen LogP contribution in [0.4, 0.5) is 14.5 Å². The molecule has 0 aromatic heterocycles. The van der Waals surface area contributed by atoms with Crippen LogP contribution in [0.1, 0.15) is 25.5 Å². The predicted octanol–water partition coefficient (Wildman–Crippen LogP) is 4.24. The molecule has 21 heavy (non-hydrogen) atoms. The summed E-state index contributed by atoms with van der Waals surface area (Å²) < 4.78 is 32.4. The molecule has 0 aliphatic heterocycles. The number of halogens is 2. The second kappa shape index (κ2) is 6.43. The van der Waals surface area contributed by atoms with Gasteiger partial charge < -0.3 is 15.2 Å². The van der Waals surface area contributed by atoms with Gasteiger partial charge in [0.15, 0.2) is 0 Å². The van der Waals surface area contributed by atoms with Crippen LogP contribution in [0.3, 0.4) is 0 Å². The highest BCUT2D eigenvalue weighted by atomic mass is 19.1. The van der Waals surface area contributed by atoms with Gasteiger partial charge in [-0.2, -0.15) is 0 Å². The van der Waals surface area contributed by atoms with Crippen molar-refractivity contribution in [2.24, 2.45) is 0 Å². The van der Waals surface area contributed by atoms with Gasteiger partial charge in [0.1, 0.15) is 23.1 Å². The van der Waals surface area contributed by atoms with Crippen molar-refractivity contribution < 1.29 is 18.6 Å². The lowest BCUT2D eigenvalue weighted by atomic mass is 10.1. The molecule has 2 rings (SSSR count). The Bertz CT molecular complexity index is 632. The zero-order valence-corrected chi connectivity index (χ0v) is 11.9. The van der Waals surface area contributed by atoms with Gasteiger partial charge in [-0.05, 0) is 32.0 Å². The highest BCUT2D eigenvalue weighted by Crippen LogP contribution is 2.30. The maximum atomic E-state index is 13.8. The van der Waals surface area contributed by atoms with Gasteiger partial charge in [0, 0.05) is 17.7 Å². The van der Waals surface area contributed by atoms with Crippen molar-refractivity contribution in [1.82, 2.24) is 0 Å². The molecular formula is C16H17F2NO2. The van der Waals surface area contributed by atoms with Crippen molar-refractivity contribution in [3.63, 3.8) is 0 Å². The third-order valence-electron chi connectivity index (χ3n) is 3.07. The predicted molar refractivity (Wildman–Crippen MR) is 77.7 cm³/mol. The molecule has 112 valence electrons. The molecule has 0 saturated heterocycles. The summed E-state index contributed by atoms with van der Waals surface area (Å²) in [6.07, 6.45) is 0. The number of nitrogens with one attached hydrogen (secondary N) is 1. The van der Waals surface area contributed by atoms with Crippen molar-refractivity contribution in [3.8, 4) is 11.5 Å². The summed E-state index contributed by atoms with van der Waals surface area (Å²) in [4.78, 5) is 0. The maximum Gasteiger partial charge on any atom is 0.145 e. The SMILES string of the molecule is CCOc1cc(F)ccc1NC(C)c1ccc(O)cc1F. The first-order valence-electron chi connectivity index (χ1n) is 6.68. The number of aromatic hydroxyl groups is 1. The van der Waals surface area contributed by atoms with E-state index in [9.17, 15) is 13.9 Å². The topological polar surface area (TPSA) is 41.5 Å². The molecule has 0 radical (unpaired) electrons. The Balaban J connectivity index is 2.24. The lowest BCUT2D eigenvalue weighted by molar-refractivity contribution is 0.339. The molecule has 0 bridgehead atoms. The molecule has 0 spiro atoms. The highest BCUT2D eigenvalue weighted by molar-refractivity contribution is 5.57. The largest absolute Gasteiger partial charge is 0.508 e. The first kappa shape index (κ1) is 15.1. The molecule has 1 unspecified atom stereocenters. The van der Waals surface area contributed by atoms with E-state index in [0.29, 0.717) is 23.6 Å². The van der Waals surface area contributed by atoms with Gasteiger partial charge in [-0.25, -0.2) is 8.78 Å². The highest BCUT2D eigenvalue weighted by Gasteiger charge is 2.14. The number of rotatable bonds is 5. The smallest absolute Gasteiger partial charge is 0.145 e. The van der Waals surface area contributed by atoms with Crippen molar-refractivity contribution >= 4 is 5.69 Å². The Morgan fingerprint density at radius 1 is 1.19 bits per heavy atom. The standard InChI is InChI=1S/C16H17F2NO2/c1-3-21-16-8-11(17)4-7-15(16)19-10(2)13-6-5-12(20)9-14(13)18/h4-10,19-20H,3H2,1-2H3. The van der Waals surface area contributed by atoms with E-state index >= 15 is 0 Å². The number of hydrogen-bond acceptors (Lipinski definition) is 3. The van der Waals surface area contributed by atoms with Gasteiger partial charge in [0.05, 0.1) is 18.3 Å². The summed E-state index contributed by atoms with van der Waals surface area (Å²) in [6, 6.07) is 7.76. The van der Waals surface area contributed by atoms with Crippen LogP contribution < -0.4 is 10.1 Å². The van der Waals surface area contributed by atoms with E-state index in [4.69, 9.17) is 4.74 Å². The fourth-order valence-electron chi connectivity index (χ4n) is 2.07. The van der Waals surface area contributed by atoms with Crippen LogP contribution in [0.2, 0.25) is 0 Å². The first-order chi connectivity index (χ1) is 10.0. The zero-order chi connectivity index (χ0) is 15.4. The van der Waals surface area contributed by atoms with E-state index in [2.05, 4.69) is 5.32 Å². The summed E-state index contributed by atoms with van der Waals surface area (Å²) in [5.74, 6) is -0.647. The molecule has 0 aliphatic rings. The zero-order valence-electron chi connectivity index (χ0n) is 11.9. The summed E-state index contributed by atoms with van der Waals surface area (Å²) in [6.45, 7) is 3.98. The van der Waals surface area contributed by atoms with Crippen molar-refractivity contribution in [2.75, 3.05) is 11.9 Å². The molecule has 3 nitrogen and oxygen atoms in total. The average Bonchev–Trinajstić information content (AvgIpc) is 2.42. The van der Waals surface area contributed by atoms with E-state index in [-0.39, 0.29) is 11.8 Å². The maximum absolute atomic E-state index is 13.8. The molecular weight excluding hydrogens is 276 g/mol. The molecule has 2 aromatic rings. The number of anilines is 1. The summed E-state index contributed by atoms with van der Waals surface area (Å²) in [5.41, 5.74) is 0.984. The molecule has 0 aliphatic carbocycles. The van der Waals surface area contributed by atoms with E-state index in [0.717, 1.165) is 6.07 Å². The number of hydrogen-bond donors (Lipinski definition) is 2. The van der Waals surface area contributed by atoms with Crippen LogP contribution in [-0.4, -0.2) is 11.7 Å². The van der Waals surface area contributed by atoms with Gasteiger partial charge in [-0.3, -0.25) is 0 Å². The van der Waals surface area contributed by atoms with Crippen LogP contribution in [0.15, 0.2) is 36.4 Å². The number of benzene rings is 2. The van der Waals surface area contributed by atoms with Crippen LogP contribution in [0.25, 0.3) is 0 Å². The molecule has 5 heteroatoms. The van der Waals surface area contributed by atoms with Crippen LogP contribution in [0, 0.1) is 11.6 Å². The lowest BCUT2D eigenvalue weighted by Crippen LogP contribution is -2.10. The van der Waals surface area contributed by atoms with Gasteiger partial charge >= 0.3 is 0 Å². The van der Waals surface area contributed by atoms with Crippen molar-refractivity contribution in [2.45, 2.75) is 19.9 Å². The van der Waals surface area contributed by atoms with E-state index in [1.54, 1.807) is 19.9 Å². The van der Waals surface area contributed by atoms with Crippen molar-refractivity contribution in [1.29, 1.82) is 0 Å². The second-order valence-corrected chi connectivity index (χ2v) is 4.65. The minimum Gasteiger partial charge on any atom is -0.508 e. The van der Waals surface area contributed by atoms with Gasteiger partial charge in [0.25, 0.3) is 0 Å². The fraction of sp³-hybridized carbons (Fsp3) is 0.250. The third kappa shape index (κ3) is 3.62. The quantitative estimate of drug-likeness (QED) is 0.866. The minimum atomic E-state index is -0.505. The minimum absolute atomic E-state index is 0.125. The Kier molecular flexibility index (Phi) is 4.62. The molecule has 0 fully saturated rings. The molecule has 2 aromatic carbocycles. The average molecular weight is 293 g/mol. The van der Waals surface area contributed by atoms with Crippen LogP contribution >= 0.6 is 0 Å². The van der Waals surface area contributed by atoms with Gasteiger partial charge in [-0.1, -0.05) is 6.07 Å². The van der Waals surface area contributed by atoms with Crippen LogP contribution in [-0.2, 0) is 0 Å². The van der Waals surface area contributed by atoms with Gasteiger partial charge in [-0.15, -0.1) is 0 Å². The Morgan fingerprint density at radius 2 is 1.95 bits per heavy atom. The van der Waals surface area contributed by atoms with E-state index in [1.165, 1.54) is 24.3 Å². The summed E-state index contributed by atoms with van der Waals surface area (Å²) in [5, 5.41) is 12.3. The van der Waals surface area contributed by atoms with Crippen LogP contribution in [0.5, 0.6) is 11.5 Å². The van der Waals surface area contributed by atoms with Gasteiger partial charge in [0.2, 0.25) is 0 Å². The Morgan fingerprint density at radius 3 is 2.62 bits per heavy atom. The molecule has 1 atom stereocenters. The Hall–Kier alpha value is -2.30. The van der Waals surface area contributed by atoms with E-state index < -0.39 is 11.6 Å². The second-order valence-electron chi connectivity index (χ2n) is 4.65. The third-order valence-corrected chi connectivity index (χ3v) is 3.07. The van der Waals surface area contributed by atoms with E-state index in [1.807, 2.05) is 0 Å². The first-order valence-corrected chi connectivity index (χ1v) is 6.68. The summed E-state index contributed by atoms with van der Waals surface area (Å²) >= 11 is 0. The molecule has 0 saturated carbocycles. The number of phenols is 1. The number of ether oxygens (including phenoxy) is 1. The molecule has 2 N–H and O–H groups in total. The normalized spacial score (nSPS) is 12.0. The summed E-state index contributed by atoms with van der Waals surface area (Å²) in [7, 11) is 0. The monoisotopic (exact) mass is 293 g/mol. The number of phenolic OH excluding ortho intramolecular Hbond substituents is 1. The fourth-order valence-corrected chi connectivity index (χ4v) is 2.07. The van der Waals surface area contributed by atoms with Crippen molar-refractivity contribution in [3.05, 3.63) is 53.6 Å². The lowest BCUT2D eigenvalue weighted by Gasteiger charge is -2.19. The Labute approximate surface area is 122 Å². The molecule has 0 amide bonds.